The van der Waals surface area contributed by atoms with E-state index in [0.717, 1.165) is 35.7 Å². The Kier molecular flexibility index (Phi) is 4.10. The molecule has 0 aromatic carbocycles. The van der Waals surface area contributed by atoms with Crippen LogP contribution in [0.5, 0.6) is 0 Å². The first-order valence-corrected chi connectivity index (χ1v) is 7.65. The van der Waals surface area contributed by atoms with E-state index in [1.165, 1.54) is 0 Å². The molecule has 3 rings (SSSR count). The van der Waals surface area contributed by atoms with Gasteiger partial charge in [-0.2, -0.15) is 5.10 Å². The van der Waals surface area contributed by atoms with Gasteiger partial charge >= 0.3 is 0 Å². The van der Waals surface area contributed by atoms with E-state index in [1.807, 2.05) is 49.7 Å². The predicted octanol–water partition coefficient (Wildman–Crippen LogP) is 1.44. The van der Waals surface area contributed by atoms with Crippen molar-refractivity contribution in [3.63, 3.8) is 0 Å². The Hall–Kier alpha value is -2.70. The molecular formula is C16H20N6O. The first-order valence-electron chi connectivity index (χ1n) is 7.65. The van der Waals surface area contributed by atoms with Gasteiger partial charge < -0.3 is 5.32 Å². The van der Waals surface area contributed by atoms with Gasteiger partial charge in [-0.3, -0.25) is 13.9 Å². The Bertz CT molecular complexity index is 847. The third-order valence-corrected chi connectivity index (χ3v) is 3.98. The van der Waals surface area contributed by atoms with Crippen LogP contribution in [-0.4, -0.2) is 36.8 Å². The van der Waals surface area contributed by atoms with Gasteiger partial charge in [0.25, 0.3) is 5.91 Å². The van der Waals surface area contributed by atoms with Crippen molar-refractivity contribution >= 4 is 11.6 Å². The molecule has 3 aromatic rings. The summed E-state index contributed by atoms with van der Waals surface area (Å²) in [5.41, 5.74) is 3.14. The molecule has 0 spiro atoms. The van der Waals surface area contributed by atoms with Crippen LogP contribution in [0.25, 0.3) is 5.65 Å². The normalized spacial score (nSPS) is 11.1. The van der Waals surface area contributed by atoms with E-state index in [-0.39, 0.29) is 5.91 Å². The molecule has 1 amide bonds. The number of hydrogen-bond donors (Lipinski definition) is 1. The lowest BCUT2D eigenvalue weighted by Gasteiger charge is -2.05. The Morgan fingerprint density at radius 3 is 2.83 bits per heavy atom. The topological polar surface area (TPSA) is 77.1 Å². The molecule has 0 radical (unpaired) electrons. The summed E-state index contributed by atoms with van der Waals surface area (Å²) in [6.07, 6.45) is 3.52. The quantitative estimate of drug-likeness (QED) is 0.723. The van der Waals surface area contributed by atoms with E-state index in [1.54, 1.807) is 4.68 Å². The summed E-state index contributed by atoms with van der Waals surface area (Å²) < 4.78 is 3.70. The summed E-state index contributed by atoms with van der Waals surface area (Å²) in [5, 5.41) is 15.5. The van der Waals surface area contributed by atoms with Crippen LogP contribution in [0.4, 0.5) is 0 Å². The lowest BCUT2D eigenvalue weighted by molar-refractivity contribution is 0.0952. The third-order valence-electron chi connectivity index (χ3n) is 3.98. The first kappa shape index (κ1) is 15.2. The van der Waals surface area contributed by atoms with E-state index >= 15 is 0 Å². The fraction of sp³-hybridized carbons (Fsp3) is 0.375. The second-order valence-corrected chi connectivity index (χ2v) is 5.57. The molecular weight excluding hydrogens is 292 g/mol. The highest BCUT2D eigenvalue weighted by atomic mass is 16.1. The number of hydrogen-bond acceptors (Lipinski definition) is 4. The van der Waals surface area contributed by atoms with E-state index < -0.39 is 0 Å². The molecule has 3 aromatic heterocycles. The monoisotopic (exact) mass is 312 g/mol. The average molecular weight is 312 g/mol. The zero-order valence-electron chi connectivity index (χ0n) is 13.6. The SMILES string of the molecule is Cc1nn(C)c(C)c1C(=O)NCCCc1nnc2ccccn12. The van der Waals surface area contributed by atoms with E-state index in [0.29, 0.717) is 12.1 Å². The Balaban J connectivity index is 1.56. The van der Waals surface area contributed by atoms with Crippen molar-refractivity contribution < 1.29 is 4.79 Å². The second kappa shape index (κ2) is 6.20. The number of nitrogens with one attached hydrogen (secondary N) is 1. The number of carbonyl (C=O) groups is 1. The molecule has 0 unspecified atom stereocenters. The molecule has 0 aliphatic carbocycles. The molecule has 0 aliphatic heterocycles. The van der Waals surface area contributed by atoms with Gasteiger partial charge in [0.2, 0.25) is 0 Å². The molecule has 7 nitrogen and oxygen atoms in total. The van der Waals surface area contributed by atoms with Crippen molar-refractivity contribution in [3.05, 3.63) is 47.2 Å². The van der Waals surface area contributed by atoms with Crippen molar-refractivity contribution in [2.24, 2.45) is 7.05 Å². The second-order valence-electron chi connectivity index (χ2n) is 5.57. The Morgan fingerprint density at radius 1 is 1.26 bits per heavy atom. The maximum absolute atomic E-state index is 12.3. The maximum Gasteiger partial charge on any atom is 0.255 e. The highest BCUT2D eigenvalue weighted by molar-refractivity contribution is 5.96. The summed E-state index contributed by atoms with van der Waals surface area (Å²) in [4.78, 5) is 12.3. The van der Waals surface area contributed by atoms with Crippen molar-refractivity contribution in [1.82, 2.24) is 29.7 Å². The van der Waals surface area contributed by atoms with E-state index in [2.05, 4.69) is 20.6 Å². The van der Waals surface area contributed by atoms with Gasteiger partial charge in [0, 0.05) is 31.9 Å². The standard InChI is InChI=1S/C16H20N6O/c1-11-15(12(2)21(3)20-11)16(23)17-9-6-8-14-19-18-13-7-4-5-10-22(13)14/h4-5,7,10H,6,8-9H2,1-3H3,(H,17,23). The molecule has 3 heterocycles. The van der Waals surface area contributed by atoms with Crippen LogP contribution in [-0.2, 0) is 13.5 Å². The van der Waals surface area contributed by atoms with Crippen LogP contribution in [0.3, 0.4) is 0 Å². The largest absolute Gasteiger partial charge is 0.352 e. The molecule has 0 bridgehead atoms. The number of pyridine rings is 1. The van der Waals surface area contributed by atoms with E-state index in [9.17, 15) is 4.79 Å². The van der Waals surface area contributed by atoms with Crippen LogP contribution in [0.15, 0.2) is 24.4 Å². The number of carbonyl (C=O) groups excluding carboxylic acids is 1. The molecule has 0 aliphatic rings. The number of rotatable bonds is 5. The molecule has 0 saturated heterocycles. The zero-order chi connectivity index (χ0) is 16.4. The summed E-state index contributed by atoms with van der Waals surface area (Å²) in [6.45, 7) is 4.34. The van der Waals surface area contributed by atoms with Crippen LogP contribution in [0, 0.1) is 13.8 Å². The average Bonchev–Trinajstić information content (AvgIpc) is 3.05. The van der Waals surface area contributed by atoms with Crippen molar-refractivity contribution in [1.29, 1.82) is 0 Å². The van der Waals surface area contributed by atoms with Crippen LogP contribution >= 0.6 is 0 Å². The minimum absolute atomic E-state index is 0.0702. The molecule has 23 heavy (non-hydrogen) atoms. The maximum atomic E-state index is 12.3. The van der Waals surface area contributed by atoms with Crippen molar-refractivity contribution in [2.75, 3.05) is 6.54 Å². The van der Waals surface area contributed by atoms with Gasteiger partial charge in [0.1, 0.15) is 5.82 Å². The summed E-state index contributed by atoms with van der Waals surface area (Å²) >= 11 is 0. The number of fused-ring (bicyclic) bond motifs is 1. The van der Waals surface area contributed by atoms with Gasteiger partial charge in [-0.1, -0.05) is 6.07 Å². The van der Waals surface area contributed by atoms with Gasteiger partial charge in [0.15, 0.2) is 5.65 Å². The van der Waals surface area contributed by atoms with Crippen molar-refractivity contribution in [3.8, 4) is 0 Å². The molecule has 0 atom stereocenters. The van der Waals surface area contributed by atoms with Crippen LogP contribution < -0.4 is 5.32 Å². The minimum Gasteiger partial charge on any atom is -0.352 e. The fourth-order valence-corrected chi connectivity index (χ4v) is 2.70. The first-order chi connectivity index (χ1) is 11.1. The molecule has 1 N–H and O–H groups in total. The zero-order valence-corrected chi connectivity index (χ0v) is 13.6. The van der Waals surface area contributed by atoms with Crippen LogP contribution in [0.2, 0.25) is 0 Å². The summed E-state index contributed by atoms with van der Waals surface area (Å²) in [5.74, 6) is 0.836. The smallest absolute Gasteiger partial charge is 0.255 e. The lowest BCUT2D eigenvalue weighted by atomic mass is 10.2. The molecule has 0 fully saturated rings. The third kappa shape index (κ3) is 2.94. The fourth-order valence-electron chi connectivity index (χ4n) is 2.70. The molecule has 0 saturated carbocycles. The highest BCUT2D eigenvalue weighted by Crippen LogP contribution is 2.11. The Labute approximate surface area is 134 Å². The van der Waals surface area contributed by atoms with Crippen LogP contribution in [0.1, 0.15) is 34.0 Å². The van der Waals surface area contributed by atoms with Crippen molar-refractivity contribution in [2.45, 2.75) is 26.7 Å². The summed E-state index contributed by atoms with van der Waals surface area (Å²) in [6, 6.07) is 5.81. The molecule has 7 heteroatoms. The Morgan fingerprint density at radius 2 is 2.09 bits per heavy atom. The van der Waals surface area contributed by atoms with E-state index in [4.69, 9.17) is 0 Å². The molecule has 120 valence electrons. The van der Waals surface area contributed by atoms with Gasteiger partial charge in [-0.15, -0.1) is 10.2 Å². The lowest BCUT2D eigenvalue weighted by Crippen LogP contribution is -2.26. The predicted molar refractivity (Wildman–Crippen MR) is 86.3 cm³/mol. The highest BCUT2D eigenvalue weighted by Gasteiger charge is 2.16. The van der Waals surface area contributed by atoms with Gasteiger partial charge in [0.05, 0.1) is 11.3 Å². The number of aryl methyl sites for hydroxylation is 3. The number of nitrogens with zero attached hydrogens (tertiary/aromatic N) is 5. The number of amides is 1. The summed E-state index contributed by atoms with van der Waals surface area (Å²) in [7, 11) is 1.84. The van der Waals surface area contributed by atoms with Gasteiger partial charge in [-0.25, -0.2) is 0 Å². The van der Waals surface area contributed by atoms with Gasteiger partial charge in [-0.05, 0) is 32.4 Å². The minimum atomic E-state index is -0.0702. The number of aromatic nitrogens is 5.